The Kier molecular flexibility index (Phi) is 5.15. The van der Waals surface area contributed by atoms with E-state index in [-0.39, 0.29) is 30.5 Å². The van der Waals surface area contributed by atoms with Crippen LogP contribution in [0.3, 0.4) is 0 Å². The Hall–Kier alpha value is -0.520. The molecule has 2 heterocycles. The molecule has 110 valence electrons. The third-order valence-electron chi connectivity index (χ3n) is 3.61. The first-order chi connectivity index (χ1) is 9.16. The maximum atomic E-state index is 12.6. The number of ether oxygens (including phenoxy) is 1. The fraction of sp³-hybridized carbons (Fsp3) is 0.462. The molecule has 2 atom stereocenters. The number of carbonyl (C=O) groups is 1. The second-order valence-corrected chi connectivity index (χ2v) is 5.60. The Morgan fingerprint density at radius 2 is 2.15 bits per heavy atom. The molecule has 4 nitrogen and oxygen atoms in total. The van der Waals surface area contributed by atoms with E-state index < -0.39 is 0 Å². The van der Waals surface area contributed by atoms with Crippen LogP contribution in [0.1, 0.15) is 10.4 Å². The molecule has 0 saturated carbocycles. The Morgan fingerprint density at radius 1 is 1.35 bits per heavy atom. The largest absolute Gasteiger partial charge is 0.373 e. The molecule has 0 aliphatic carbocycles. The molecular formula is C13H15Cl3N2O2. The zero-order valence-corrected chi connectivity index (χ0v) is 13.0. The molecule has 1 aromatic rings. The summed E-state index contributed by atoms with van der Waals surface area (Å²) in [5.41, 5.74) is 0.460. The summed E-state index contributed by atoms with van der Waals surface area (Å²) in [5.74, 6) is -0.0745. The van der Waals surface area contributed by atoms with Gasteiger partial charge in [-0.2, -0.15) is 0 Å². The highest BCUT2D eigenvalue weighted by molar-refractivity contribution is 6.35. The fourth-order valence-corrected chi connectivity index (χ4v) is 3.03. The van der Waals surface area contributed by atoms with Crippen LogP contribution in [-0.2, 0) is 4.74 Å². The minimum atomic E-state index is -0.0745. The van der Waals surface area contributed by atoms with Gasteiger partial charge in [0.05, 0.1) is 29.3 Å². The summed E-state index contributed by atoms with van der Waals surface area (Å²) in [4.78, 5) is 14.5. The molecule has 1 N–H and O–H groups in total. The van der Waals surface area contributed by atoms with Gasteiger partial charge in [-0.05, 0) is 18.2 Å². The van der Waals surface area contributed by atoms with E-state index in [1.54, 1.807) is 18.2 Å². The topological polar surface area (TPSA) is 41.6 Å². The molecule has 2 saturated heterocycles. The van der Waals surface area contributed by atoms with Crippen molar-refractivity contribution >= 4 is 41.5 Å². The van der Waals surface area contributed by atoms with E-state index in [1.165, 1.54) is 0 Å². The van der Waals surface area contributed by atoms with E-state index >= 15 is 0 Å². The predicted molar refractivity (Wildman–Crippen MR) is 81.1 cm³/mol. The number of halogens is 3. The maximum Gasteiger partial charge on any atom is 0.255 e. The first-order valence-electron chi connectivity index (χ1n) is 6.25. The minimum absolute atomic E-state index is 0. The van der Waals surface area contributed by atoms with Crippen molar-refractivity contribution < 1.29 is 9.53 Å². The number of hydrogen-bond acceptors (Lipinski definition) is 3. The van der Waals surface area contributed by atoms with Crippen molar-refractivity contribution in [3.8, 4) is 0 Å². The fourth-order valence-electron chi connectivity index (χ4n) is 2.66. The molecule has 2 aliphatic rings. The summed E-state index contributed by atoms with van der Waals surface area (Å²) >= 11 is 12.0. The van der Waals surface area contributed by atoms with Crippen LogP contribution in [0.5, 0.6) is 0 Å². The lowest BCUT2D eigenvalue weighted by molar-refractivity contribution is -0.0364. The van der Waals surface area contributed by atoms with E-state index in [0.29, 0.717) is 28.8 Å². The van der Waals surface area contributed by atoms with Crippen LogP contribution in [-0.4, -0.2) is 49.2 Å². The number of hydrogen-bond donors (Lipinski definition) is 1. The van der Waals surface area contributed by atoms with Crippen molar-refractivity contribution in [3.05, 3.63) is 33.8 Å². The van der Waals surface area contributed by atoms with Crippen LogP contribution in [0.4, 0.5) is 0 Å². The standard InChI is InChI=1S/C13H14Cl2N2O2.ClH/c14-8-1-2-10(15)9(5-8)13(18)17-3-4-19-12-7-16-6-11(12)17;/h1-2,5,11-12,16H,3-4,6-7H2;1H/t11-,12+;/m1./s1. The molecule has 7 heteroatoms. The van der Waals surface area contributed by atoms with Crippen LogP contribution >= 0.6 is 35.6 Å². The summed E-state index contributed by atoms with van der Waals surface area (Å²) in [6.45, 7) is 2.70. The molecular weight excluding hydrogens is 323 g/mol. The summed E-state index contributed by atoms with van der Waals surface area (Å²) in [5, 5.41) is 4.20. The van der Waals surface area contributed by atoms with Gasteiger partial charge in [-0.3, -0.25) is 4.79 Å². The molecule has 3 rings (SSSR count). The van der Waals surface area contributed by atoms with Crippen molar-refractivity contribution in [2.45, 2.75) is 12.1 Å². The van der Waals surface area contributed by atoms with E-state index in [4.69, 9.17) is 27.9 Å². The first kappa shape index (κ1) is 15.9. The van der Waals surface area contributed by atoms with E-state index in [1.807, 2.05) is 4.90 Å². The lowest BCUT2D eigenvalue weighted by atomic mass is 10.1. The van der Waals surface area contributed by atoms with Gasteiger partial charge >= 0.3 is 0 Å². The molecule has 20 heavy (non-hydrogen) atoms. The molecule has 1 aromatic carbocycles. The number of rotatable bonds is 1. The van der Waals surface area contributed by atoms with Gasteiger partial charge in [0.2, 0.25) is 0 Å². The van der Waals surface area contributed by atoms with Gasteiger partial charge in [-0.25, -0.2) is 0 Å². The molecule has 0 bridgehead atoms. The zero-order valence-electron chi connectivity index (χ0n) is 10.6. The number of benzene rings is 1. The minimum Gasteiger partial charge on any atom is -0.373 e. The van der Waals surface area contributed by atoms with Gasteiger partial charge in [0, 0.05) is 24.7 Å². The SMILES string of the molecule is Cl.O=C(c1cc(Cl)ccc1Cl)N1CCO[C@H]2CNC[C@H]21. The Balaban J connectivity index is 0.00000147. The van der Waals surface area contributed by atoms with Crippen LogP contribution in [0, 0.1) is 0 Å². The first-order valence-corrected chi connectivity index (χ1v) is 7.01. The van der Waals surface area contributed by atoms with Gasteiger partial charge in [-0.15, -0.1) is 12.4 Å². The summed E-state index contributed by atoms with van der Waals surface area (Å²) in [7, 11) is 0. The molecule has 0 aromatic heterocycles. The highest BCUT2D eigenvalue weighted by Gasteiger charge is 2.39. The molecule has 0 radical (unpaired) electrons. The number of nitrogens with zero attached hydrogens (tertiary/aromatic N) is 1. The molecule has 0 spiro atoms. The normalized spacial score (nSPS) is 25.0. The van der Waals surface area contributed by atoms with Crippen LogP contribution in [0.2, 0.25) is 10.0 Å². The Bertz CT molecular complexity index is 512. The number of carbonyl (C=O) groups excluding carboxylic acids is 1. The highest BCUT2D eigenvalue weighted by atomic mass is 35.5. The van der Waals surface area contributed by atoms with Crippen LogP contribution in [0.25, 0.3) is 0 Å². The number of morpholine rings is 1. The number of fused-ring (bicyclic) bond motifs is 1. The average molecular weight is 338 g/mol. The molecule has 0 unspecified atom stereocenters. The lowest BCUT2D eigenvalue weighted by Gasteiger charge is -2.37. The van der Waals surface area contributed by atoms with Crippen LogP contribution < -0.4 is 5.32 Å². The van der Waals surface area contributed by atoms with Crippen molar-refractivity contribution in [1.29, 1.82) is 0 Å². The third kappa shape index (κ3) is 2.90. The number of amides is 1. The van der Waals surface area contributed by atoms with Gasteiger partial charge < -0.3 is 15.0 Å². The van der Waals surface area contributed by atoms with E-state index in [9.17, 15) is 4.79 Å². The zero-order chi connectivity index (χ0) is 13.4. The smallest absolute Gasteiger partial charge is 0.255 e. The van der Waals surface area contributed by atoms with E-state index in [2.05, 4.69) is 5.32 Å². The highest BCUT2D eigenvalue weighted by Crippen LogP contribution is 2.25. The Morgan fingerprint density at radius 3 is 2.95 bits per heavy atom. The van der Waals surface area contributed by atoms with Gasteiger partial charge in [0.25, 0.3) is 5.91 Å². The Labute approximate surface area is 133 Å². The second kappa shape index (κ2) is 6.50. The van der Waals surface area contributed by atoms with Crippen LogP contribution in [0.15, 0.2) is 18.2 Å². The molecule has 1 amide bonds. The number of nitrogens with one attached hydrogen (secondary N) is 1. The van der Waals surface area contributed by atoms with Gasteiger partial charge in [-0.1, -0.05) is 23.2 Å². The van der Waals surface area contributed by atoms with Crippen molar-refractivity contribution in [2.75, 3.05) is 26.2 Å². The summed E-state index contributed by atoms with van der Waals surface area (Å²) < 4.78 is 5.66. The predicted octanol–water partition coefficient (Wildman–Crippen LogP) is 2.23. The van der Waals surface area contributed by atoms with Crippen molar-refractivity contribution in [3.63, 3.8) is 0 Å². The summed E-state index contributed by atoms with van der Waals surface area (Å²) in [6.07, 6.45) is 0.0793. The second-order valence-electron chi connectivity index (χ2n) is 4.76. The van der Waals surface area contributed by atoms with Crippen molar-refractivity contribution in [1.82, 2.24) is 10.2 Å². The maximum absolute atomic E-state index is 12.6. The van der Waals surface area contributed by atoms with Gasteiger partial charge in [0.1, 0.15) is 0 Å². The van der Waals surface area contributed by atoms with Gasteiger partial charge in [0.15, 0.2) is 0 Å². The molecule has 2 aliphatic heterocycles. The quantitative estimate of drug-likeness (QED) is 0.854. The lowest BCUT2D eigenvalue weighted by Crippen LogP contribution is -2.53. The summed E-state index contributed by atoms with van der Waals surface area (Å²) in [6, 6.07) is 5.04. The monoisotopic (exact) mass is 336 g/mol. The molecule has 2 fully saturated rings. The van der Waals surface area contributed by atoms with Crippen molar-refractivity contribution in [2.24, 2.45) is 0 Å². The van der Waals surface area contributed by atoms with E-state index in [0.717, 1.165) is 13.1 Å². The average Bonchev–Trinajstić information content (AvgIpc) is 2.89. The third-order valence-corrected chi connectivity index (χ3v) is 4.18.